The molecule has 0 unspecified atom stereocenters. The zero-order valence-corrected chi connectivity index (χ0v) is 17.8. The number of halogens is 3. The zero-order chi connectivity index (χ0) is 22.1. The third kappa shape index (κ3) is 5.08. The number of nitrogens with zero attached hydrogens (tertiary/aromatic N) is 5. The summed E-state index contributed by atoms with van der Waals surface area (Å²) in [5.41, 5.74) is 1.66. The monoisotopic (exact) mass is 441 g/mol. The highest BCUT2D eigenvalue weighted by atomic mass is 32.1. The summed E-state index contributed by atoms with van der Waals surface area (Å²) in [6.07, 6.45) is -4.77. The predicted octanol–water partition coefficient (Wildman–Crippen LogP) is 3.93. The number of benzene rings is 1. The Morgan fingerprint density at radius 1 is 1.23 bits per heavy atom. The number of alkyl halides is 3. The van der Waals surface area contributed by atoms with Crippen LogP contribution < -0.4 is 9.64 Å². The molecule has 0 saturated heterocycles. The van der Waals surface area contributed by atoms with E-state index in [4.69, 9.17) is 0 Å². The molecule has 1 aromatic carbocycles. The molecule has 0 aliphatic heterocycles. The van der Waals surface area contributed by atoms with Gasteiger partial charge in [0.05, 0.1) is 10.2 Å². The normalized spacial score (nSPS) is 12.0. The van der Waals surface area contributed by atoms with Crippen LogP contribution in [0.15, 0.2) is 24.3 Å². The van der Waals surface area contributed by atoms with Crippen molar-refractivity contribution in [2.24, 2.45) is 0 Å². The third-order valence-electron chi connectivity index (χ3n) is 4.33. The maximum absolute atomic E-state index is 13.2. The van der Waals surface area contributed by atoms with Crippen LogP contribution >= 0.6 is 11.3 Å². The largest absolute Gasteiger partial charge is 0.573 e. The highest BCUT2D eigenvalue weighted by molar-refractivity contribution is 7.22. The molecule has 2 aromatic heterocycles. The SMILES string of the molecule is CCn1nc(C(=O)N(CCN(C)C)c2nc3ccc(OC(F)(F)F)cc3s2)cc1C. The molecule has 2 heterocycles. The first-order valence-electron chi connectivity index (χ1n) is 9.24. The van der Waals surface area contributed by atoms with Gasteiger partial charge < -0.3 is 9.64 Å². The lowest BCUT2D eigenvalue weighted by atomic mass is 10.3. The van der Waals surface area contributed by atoms with Crippen molar-refractivity contribution in [2.45, 2.75) is 26.8 Å². The summed E-state index contributed by atoms with van der Waals surface area (Å²) in [5.74, 6) is -0.633. The van der Waals surface area contributed by atoms with Crippen molar-refractivity contribution in [1.29, 1.82) is 0 Å². The van der Waals surface area contributed by atoms with E-state index in [0.29, 0.717) is 40.7 Å². The van der Waals surface area contributed by atoms with Crippen LogP contribution in [0.2, 0.25) is 0 Å². The van der Waals surface area contributed by atoms with E-state index in [0.717, 1.165) is 17.0 Å². The second kappa shape index (κ2) is 8.60. The average molecular weight is 441 g/mol. The second-order valence-corrected chi connectivity index (χ2v) is 7.93. The number of hydrogen-bond donors (Lipinski definition) is 0. The number of fused-ring (bicyclic) bond motifs is 1. The van der Waals surface area contributed by atoms with Crippen molar-refractivity contribution in [3.63, 3.8) is 0 Å². The Labute approximate surface area is 175 Å². The van der Waals surface area contributed by atoms with E-state index in [1.54, 1.807) is 10.7 Å². The van der Waals surface area contributed by atoms with Crippen molar-refractivity contribution in [1.82, 2.24) is 19.7 Å². The van der Waals surface area contributed by atoms with Gasteiger partial charge in [-0.3, -0.25) is 14.4 Å². The van der Waals surface area contributed by atoms with Crippen LogP contribution in [0.25, 0.3) is 10.2 Å². The maximum Gasteiger partial charge on any atom is 0.573 e. The number of carbonyl (C=O) groups excluding carboxylic acids is 1. The van der Waals surface area contributed by atoms with Gasteiger partial charge in [-0.15, -0.1) is 13.2 Å². The van der Waals surface area contributed by atoms with Gasteiger partial charge in [0.25, 0.3) is 5.91 Å². The summed E-state index contributed by atoms with van der Waals surface area (Å²) in [6.45, 7) is 5.39. The first-order chi connectivity index (χ1) is 14.1. The number of rotatable bonds is 7. The van der Waals surface area contributed by atoms with Crippen LogP contribution in [0.4, 0.5) is 18.3 Å². The summed E-state index contributed by atoms with van der Waals surface area (Å²) in [7, 11) is 3.77. The molecule has 3 aromatic rings. The summed E-state index contributed by atoms with van der Waals surface area (Å²) in [5, 5.41) is 4.75. The molecular weight excluding hydrogens is 419 g/mol. The van der Waals surface area contributed by atoms with Gasteiger partial charge in [-0.1, -0.05) is 11.3 Å². The fraction of sp³-hybridized carbons (Fsp3) is 0.421. The van der Waals surface area contributed by atoms with Gasteiger partial charge in [-0.2, -0.15) is 5.10 Å². The van der Waals surface area contributed by atoms with E-state index >= 15 is 0 Å². The Kier molecular flexibility index (Phi) is 6.32. The molecule has 0 fully saturated rings. The van der Waals surface area contributed by atoms with Gasteiger partial charge in [0, 0.05) is 31.4 Å². The number of carbonyl (C=O) groups is 1. The topological polar surface area (TPSA) is 63.5 Å². The smallest absolute Gasteiger partial charge is 0.406 e. The van der Waals surface area contributed by atoms with Gasteiger partial charge in [-0.25, -0.2) is 4.98 Å². The highest BCUT2D eigenvalue weighted by Gasteiger charge is 2.31. The summed E-state index contributed by atoms with van der Waals surface area (Å²) in [4.78, 5) is 21.1. The number of likely N-dealkylation sites (N-methyl/N-ethyl adjacent to an activating group) is 1. The van der Waals surface area contributed by atoms with Gasteiger partial charge in [0.1, 0.15) is 5.75 Å². The van der Waals surface area contributed by atoms with Crippen molar-refractivity contribution in [3.8, 4) is 5.75 Å². The van der Waals surface area contributed by atoms with Crippen molar-refractivity contribution in [3.05, 3.63) is 35.7 Å². The summed E-state index contributed by atoms with van der Waals surface area (Å²) < 4.78 is 43.7. The molecule has 0 N–H and O–H groups in total. The van der Waals surface area contributed by atoms with Crippen LogP contribution in [0.3, 0.4) is 0 Å². The van der Waals surface area contributed by atoms with Crippen LogP contribution in [-0.2, 0) is 6.54 Å². The number of amides is 1. The van der Waals surface area contributed by atoms with Gasteiger partial charge in [-0.05, 0) is 46.1 Å². The summed E-state index contributed by atoms with van der Waals surface area (Å²) in [6, 6.07) is 5.64. The van der Waals surface area contributed by atoms with E-state index in [-0.39, 0.29) is 11.7 Å². The fourth-order valence-corrected chi connectivity index (χ4v) is 3.88. The van der Waals surface area contributed by atoms with Crippen molar-refractivity contribution >= 4 is 32.6 Å². The standard InChI is InChI=1S/C19H22F3N5O2S/c1-5-27-12(2)10-15(24-27)17(28)26(9-8-25(3)4)18-23-14-7-6-13(11-16(14)30-18)29-19(20,21)22/h6-7,10-11H,5,8-9H2,1-4H3. The Morgan fingerprint density at radius 3 is 2.57 bits per heavy atom. The van der Waals surface area contributed by atoms with E-state index in [1.165, 1.54) is 23.1 Å². The molecule has 0 atom stereocenters. The lowest BCUT2D eigenvalue weighted by molar-refractivity contribution is -0.274. The quantitative estimate of drug-likeness (QED) is 0.556. The number of thiazole rings is 1. The minimum absolute atomic E-state index is 0.299. The zero-order valence-electron chi connectivity index (χ0n) is 17.0. The van der Waals surface area contributed by atoms with Gasteiger partial charge >= 0.3 is 6.36 Å². The molecule has 0 bridgehead atoms. The fourth-order valence-electron chi connectivity index (χ4n) is 2.86. The first-order valence-corrected chi connectivity index (χ1v) is 10.1. The number of anilines is 1. The number of aromatic nitrogens is 3. The number of hydrogen-bond acceptors (Lipinski definition) is 6. The molecule has 11 heteroatoms. The Balaban J connectivity index is 1.96. The number of ether oxygens (including phenoxy) is 1. The van der Waals surface area contributed by atoms with Gasteiger partial charge in [0.2, 0.25) is 0 Å². The molecule has 0 aliphatic rings. The molecule has 1 amide bonds. The molecule has 0 aliphatic carbocycles. The minimum atomic E-state index is -4.77. The molecule has 7 nitrogen and oxygen atoms in total. The Morgan fingerprint density at radius 2 is 1.97 bits per heavy atom. The van der Waals surface area contributed by atoms with E-state index in [2.05, 4.69) is 14.8 Å². The Hall–Kier alpha value is -2.66. The molecular formula is C19H22F3N5O2S. The first kappa shape index (κ1) is 22.0. The van der Waals surface area contributed by atoms with E-state index in [1.807, 2.05) is 32.8 Å². The average Bonchev–Trinajstić information content (AvgIpc) is 3.22. The van der Waals surface area contributed by atoms with Crippen LogP contribution in [0, 0.1) is 6.92 Å². The third-order valence-corrected chi connectivity index (χ3v) is 5.37. The maximum atomic E-state index is 13.2. The second-order valence-electron chi connectivity index (χ2n) is 6.92. The summed E-state index contributed by atoms with van der Waals surface area (Å²) >= 11 is 1.13. The lowest BCUT2D eigenvalue weighted by Gasteiger charge is -2.21. The molecule has 3 rings (SSSR count). The van der Waals surface area contributed by atoms with Crippen LogP contribution in [0.5, 0.6) is 5.75 Å². The van der Waals surface area contributed by atoms with Crippen LogP contribution in [-0.4, -0.2) is 59.1 Å². The molecule has 0 radical (unpaired) electrons. The van der Waals surface area contributed by atoms with Gasteiger partial charge in [0.15, 0.2) is 10.8 Å². The molecule has 162 valence electrons. The molecule has 0 saturated carbocycles. The molecule has 30 heavy (non-hydrogen) atoms. The Bertz CT molecular complexity index is 1040. The van der Waals surface area contributed by atoms with E-state index in [9.17, 15) is 18.0 Å². The highest BCUT2D eigenvalue weighted by Crippen LogP contribution is 2.33. The van der Waals surface area contributed by atoms with Crippen LogP contribution in [0.1, 0.15) is 23.1 Å². The van der Waals surface area contributed by atoms with Crippen molar-refractivity contribution < 1.29 is 22.7 Å². The van der Waals surface area contributed by atoms with Crippen molar-refractivity contribution in [2.75, 3.05) is 32.1 Å². The number of aryl methyl sites for hydroxylation is 2. The minimum Gasteiger partial charge on any atom is -0.406 e. The van der Waals surface area contributed by atoms with E-state index < -0.39 is 6.36 Å². The molecule has 0 spiro atoms. The predicted molar refractivity (Wildman–Crippen MR) is 109 cm³/mol. The lowest BCUT2D eigenvalue weighted by Crippen LogP contribution is -2.37.